The minimum absolute atomic E-state index is 0.0703. The van der Waals surface area contributed by atoms with E-state index in [-0.39, 0.29) is 11.3 Å². The molecule has 1 aliphatic rings. The number of aromatic nitrogens is 1. The Morgan fingerprint density at radius 1 is 1.16 bits per heavy atom. The number of Topliss-reactive ketones (excluding diaryl/α,β-unsaturated/α-hetero) is 1. The Balaban J connectivity index is 1.72. The summed E-state index contributed by atoms with van der Waals surface area (Å²) in [6.45, 7) is 9.09. The van der Waals surface area contributed by atoms with Crippen LogP contribution < -0.4 is 4.90 Å². The lowest BCUT2D eigenvalue weighted by molar-refractivity contribution is -0.138. The van der Waals surface area contributed by atoms with Crippen molar-refractivity contribution in [1.29, 1.82) is 0 Å². The Morgan fingerprint density at radius 2 is 1.84 bits per heavy atom. The molecule has 4 nitrogen and oxygen atoms in total. The number of rotatable bonds is 5. The molecule has 1 aromatic heterocycles. The largest absolute Gasteiger partial charge is 0.360 e. The van der Waals surface area contributed by atoms with Crippen LogP contribution in [0.1, 0.15) is 56.1 Å². The molecular weight excluding hydrogens is 526 g/mol. The zero-order chi connectivity index (χ0) is 27.4. The Bertz CT molecular complexity index is 1530. The van der Waals surface area contributed by atoms with Crippen LogP contribution in [-0.2, 0) is 22.0 Å². The fraction of sp³-hybridized carbons (Fsp3) is 0.333. The van der Waals surface area contributed by atoms with E-state index in [0.717, 1.165) is 27.0 Å². The Morgan fingerprint density at radius 3 is 2.50 bits per heavy atom. The number of carbonyl (C=O) groups is 1. The number of alkyl halides is 2. The normalized spacial score (nSPS) is 15.9. The third-order valence-electron chi connectivity index (χ3n) is 6.58. The number of fused-ring (bicyclic) bond motifs is 2. The van der Waals surface area contributed by atoms with Gasteiger partial charge in [-0.15, -0.1) is 0 Å². The van der Waals surface area contributed by atoms with Gasteiger partial charge in [-0.3, -0.25) is 4.79 Å². The van der Waals surface area contributed by atoms with E-state index in [0.29, 0.717) is 27.8 Å². The van der Waals surface area contributed by atoms with Crippen molar-refractivity contribution in [2.75, 3.05) is 11.4 Å². The first-order chi connectivity index (χ1) is 17.8. The Labute approximate surface area is 230 Å². The van der Waals surface area contributed by atoms with Crippen LogP contribution in [0.4, 0.5) is 13.9 Å². The summed E-state index contributed by atoms with van der Waals surface area (Å²) in [7, 11) is 0. The highest BCUT2D eigenvalue weighted by atomic mass is 35.5. The minimum atomic E-state index is -2.99. The third-order valence-corrected chi connectivity index (χ3v) is 7.99. The summed E-state index contributed by atoms with van der Waals surface area (Å²) in [6, 6.07) is 16.0. The van der Waals surface area contributed by atoms with Crippen molar-refractivity contribution in [1.82, 2.24) is 4.98 Å². The number of halogens is 3. The lowest BCUT2D eigenvalue weighted by Crippen LogP contribution is -2.40. The van der Waals surface area contributed by atoms with Gasteiger partial charge in [-0.25, -0.2) is 4.98 Å². The van der Waals surface area contributed by atoms with E-state index in [4.69, 9.17) is 21.3 Å². The summed E-state index contributed by atoms with van der Waals surface area (Å²) in [5, 5.41) is 1.10. The molecule has 0 aliphatic carbocycles. The quantitative estimate of drug-likeness (QED) is 0.248. The molecule has 3 aromatic carbocycles. The van der Waals surface area contributed by atoms with Crippen molar-refractivity contribution in [3.8, 4) is 11.1 Å². The fourth-order valence-electron chi connectivity index (χ4n) is 5.01. The second-order valence-electron chi connectivity index (χ2n) is 10.8. The van der Waals surface area contributed by atoms with Crippen molar-refractivity contribution < 1.29 is 18.3 Å². The van der Waals surface area contributed by atoms with Crippen molar-refractivity contribution in [3.05, 3.63) is 81.9 Å². The summed E-state index contributed by atoms with van der Waals surface area (Å²) in [5.41, 5.74) is 4.05. The summed E-state index contributed by atoms with van der Waals surface area (Å²) in [5.74, 6) is -3.11. The van der Waals surface area contributed by atoms with Crippen molar-refractivity contribution in [3.63, 3.8) is 0 Å². The van der Waals surface area contributed by atoms with Crippen LogP contribution in [0.5, 0.6) is 0 Å². The van der Waals surface area contributed by atoms with Gasteiger partial charge in [-0.2, -0.15) is 8.78 Å². The monoisotopic (exact) mass is 554 g/mol. The molecule has 0 saturated carbocycles. The number of hydrogen-bond donors (Lipinski definition) is 0. The number of ketones is 1. The van der Waals surface area contributed by atoms with Crippen LogP contribution in [-0.4, -0.2) is 22.9 Å². The van der Waals surface area contributed by atoms with Gasteiger partial charge in [-0.05, 0) is 69.5 Å². The van der Waals surface area contributed by atoms with Gasteiger partial charge in [0.2, 0.25) is 0 Å². The predicted molar refractivity (Wildman–Crippen MR) is 150 cm³/mol. The van der Waals surface area contributed by atoms with E-state index in [1.165, 1.54) is 24.3 Å². The number of ether oxygens (including phenoxy) is 1. The summed E-state index contributed by atoms with van der Waals surface area (Å²) >= 11 is 7.55. The van der Waals surface area contributed by atoms with Crippen molar-refractivity contribution in [2.45, 2.75) is 58.8 Å². The molecule has 1 aliphatic heterocycles. The molecular formula is C30H29ClF2N2O2S. The van der Waals surface area contributed by atoms with Gasteiger partial charge in [0.1, 0.15) is 6.10 Å². The molecule has 0 unspecified atom stereocenters. The summed E-state index contributed by atoms with van der Waals surface area (Å²) in [6.07, 6.45) is -0.804. The van der Waals surface area contributed by atoms with Crippen molar-refractivity contribution in [2.24, 2.45) is 0 Å². The van der Waals surface area contributed by atoms with Gasteiger partial charge < -0.3 is 9.64 Å². The molecule has 8 heteroatoms. The van der Waals surface area contributed by atoms with Crippen molar-refractivity contribution >= 4 is 44.1 Å². The second-order valence-corrected chi connectivity index (χ2v) is 12.2. The molecule has 38 heavy (non-hydrogen) atoms. The maximum atomic E-state index is 15.1. The average molecular weight is 555 g/mol. The standard InChI is InChI=1S/C30H29ClF2N2O2S/c1-17-14-23-27(38-28(34-23)35-15-20-8-6-7-9-22(20)30(32,33)16-35)25(19-10-12-21(31)13-11-19)24(17)26(18(2)36)37-29(3,4)5/h6-14,26H,15-16H2,1-5H3/t26-/m1/s1. The van der Waals surface area contributed by atoms with E-state index < -0.39 is 24.2 Å². The fourth-order valence-corrected chi connectivity index (χ4v) is 6.26. The first-order valence-corrected chi connectivity index (χ1v) is 13.6. The van der Waals surface area contributed by atoms with Gasteiger partial charge in [0.05, 0.1) is 22.4 Å². The van der Waals surface area contributed by atoms with Crippen LogP contribution >= 0.6 is 22.9 Å². The van der Waals surface area contributed by atoms with E-state index in [1.807, 2.05) is 45.9 Å². The highest BCUT2D eigenvalue weighted by molar-refractivity contribution is 7.22. The van der Waals surface area contributed by atoms with Crippen LogP contribution in [0.3, 0.4) is 0 Å². The minimum Gasteiger partial charge on any atom is -0.360 e. The molecule has 5 rings (SSSR count). The molecule has 198 valence electrons. The number of anilines is 1. The smallest absolute Gasteiger partial charge is 0.290 e. The molecule has 0 amide bonds. The van der Waals surface area contributed by atoms with E-state index in [2.05, 4.69) is 0 Å². The molecule has 4 aromatic rings. The van der Waals surface area contributed by atoms with Crippen LogP contribution in [0, 0.1) is 6.92 Å². The van der Waals surface area contributed by atoms with Crippen LogP contribution in [0.2, 0.25) is 5.02 Å². The third kappa shape index (κ3) is 5.07. The number of hydrogen-bond acceptors (Lipinski definition) is 5. The number of carbonyl (C=O) groups excluding carboxylic acids is 1. The average Bonchev–Trinajstić information content (AvgIpc) is 3.25. The van der Waals surface area contributed by atoms with Crippen LogP contribution in [0.15, 0.2) is 54.6 Å². The highest BCUT2D eigenvalue weighted by Gasteiger charge is 2.41. The molecule has 0 spiro atoms. The molecule has 0 N–H and O–H groups in total. The van der Waals surface area contributed by atoms with Gasteiger partial charge >= 0.3 is 0 Å². The van der Waals surface area contributed by atoms with E-state index in [9.17, 15) is 4.79 Å². The number of thiazole rings is 1. The molecule has 0 saturated heterocycles. The molecule has 2 heterocycles. The SMILES string of the molecule is CC(=O)[C@@H](OC(C)(C)C)c1c(C)cc2nc(N3Cc4ccccc4C(F)(F)C3)sc2c1-c1ccc(Cl)cc1. The Kier molecular flexibility index (Phi) is 6.83. The van der Waals surface area contributed by atoms with Crippen LogP contribution in [0.25, 0.3) is 21.3 Å². The number of nitrogens with zero attached hydrogens (tertiary/aromatic N) is 2. The van der Waals surface area contributed by atoms with Gasteiger partial charge in [-0.1, -0.05) is 59.3 Å². The first-order valence-electron chi connectivity index (χ1n) is 12.4. The van der Waals surface area contributed by atoms with E-state index in [1.54, 1.807) is 35.2 Å². The number of aryl methyl sites for hydroxylation is 1. The lowest BCUT2D eigenvalue weighted by atomic mass is 9.90. The Hall–Kier alpha value is -2.87. The molecule has 1 atom stereocenters. The number of benzene rings is 3. The summed E-state index contributed by atoms with van der Waals surface area (Å²) < 4.78 is 37.3. The lowest BCUT2D eigenvalue weighted by Gasteiger charge is -2.34. The summed E-state index contributed by atoms with van der Waals surface area (Å²) in [4.78, 5) is 19.4. The predicted octanol–water partition coefficient (Wildman–Crippen LogP) is 8.48. The molecule has 0 radical (unpaired) electrons. The maximum Gasteiger partial charge on any atom is 0.290 e. The molecule has 0 bridgehead atoms. The first kappa shape index (κ1) is 26.7. The van der Waals surface area contributed by atoms with Gasteiger partial charge in [0.15, 0.2) is 10.9 Å². The zero-order valence-corrected chi connectivity index (χ0v) is 23.5. The van der Waals surface area contributed by atoms with Gasteiger partial charge in [0, 0.05) is 28.3 Å². The van der Waals surface area contributed by atoms with Gasteiger partial charge in [0.25, 0.3) is 5.92 Å². The zero-order valence-electron chi connectivity index (χ0n) is 21.9. The highest BCUT2D eigenvalue weighted by Crippen LogP contribution is 2.46. The second kappa shape index (κ2) is 9.70. The van der Waals surface area contributed by atoms with E-state index >= 15 is 8.78 Å². The topological polar surface area (TPSA) is 42.4 Å². The maximum absolute atomic E-state index is 15.1. The molecule has 0 fully saturated rings.